The molecule has 0 aliphatic rings. The summed E-state index contributed by atoms with van der Waals surface area (Å²) in [5.74, 6) is 0.775. The highest BCUT2D eigenvalue weighted by Gasteiger charge is 2.23. The minimum atomic E-state index is -0.00208. The molecule has 3 aromatic heterocycles. The summed E-state index contributed by atoms with van der Waals surface area (Å²) in [6.45, 7) is 13.4. The van der Waals surface area contributed by atoms with Crippen molar-refractivity contribution in [3.05, 3.63) is 138 Å². The van der Waals surface area contributed by atoms with Gasteiger partial charge in [0.25, 0.3) is 0 Å². The van der Waals surface area contributed by atoms with Gasteiger partial charge in [0.15, 0.2) is 0 Å². The van der Waals surface area contributed by atoms with Crippen LogP contribution < -0.4 is 0 Å². The van der Waals surface area contributed by atoms with Crippen LogP contribution in [0.1, 0.15) is 63.8 Å². The normalized spacial score (nSPS) is 12.2. The summed E-state index contributed by atoms with van der Waals surface area (Å²) in [5, 5.41) is 24.5. The van der Waals surface area contributed by atoms with E-state index in [9.17, 15) is 10.5 Å². The number of para-hydroxylation sites is 2. The Morgan fingerprint density at radius 2 is 1.04 bits per heavy atom. The third kappa shape index (κ3) is 4.86. The number of nitriles is 2. The standard InChI is InChI=1S/C45H37N5/c1-44(2,3)31-17-19-40-36(22-31)33-11-7-9-13-38(33)49(40)42-27-48-43(24-35(42)28-15-16-29(25-46)30(21-28)26-47)50-39-14-10-8-12-34(39)37-23-32(45(4,5)6)18-20-41(37)50/h7-24,27H,1-6H3. The Hall–Kier alpha value is -6.17. The minimum absolute atomic E-state index is 0.00208. The van der Waals surface area contributed by atoms with Crippen molar-refractivity contribution < 1.29 is 0 Å². The molecular formula is C45H37N5. The van der Waals surface area contributed by atoms with Crippen LogP contribution in [-0.4, -0.2) is 14.1 Å². The molecule has 5 nitrogen and oxygen atoms in total. The van der Waals surface area contributed by atoms with Crippen molar-refractivity contribution in [2.45, 2.75) is 52.4 Å². The van der Waals surface area contributed by atoms with Crippen LogP contribution in [0, 0.1) is 22.7 Å². The molecule has 5 heteroatoms. The average molecular weight is 648 g/mol. The van der Waals surface area contributed by atoms with Crippen molar-refractivity contribution in [3.8, 4) is 34.8 Å². The van der Waals surface area contributed by atoms with Gasteiger partial charge in [0.1, 0.15) is 18.0 Å². The van der Waals surface area contributed by atoms with Crippen LogP contribution in [0.3, 0.4) is 0 Å². The molecule has 0 fully saturated rings. The van der Waals surface area contributed by atoms with Crippen molar-refractivity contribution in [2.24, 2.45) is 0 Å². The first-order chi connectivity index (χ1) is 24.0. The SMILES string of the molecule is CC(C)(C)c1ccc2c(c1)c1ccccc1n2-c1cc(-c2ccc(C#N)c(C#N)c2)c(-n2c3ccccc3c3cc(C(C)(C)C)ccc32)cn1. The zero-order chi connectivity index (χ0) is 34.9. The summed E-state index contributed by atoms with van der Waals surface area (Å²) in [5.41, 5.74) is 10.2. The van der Waals surface area contributed by atoms with Crippen molar-refractivity contribution in [1.29, 1.82) is 10.5 Å². The molecule has 5 aromatic carbocycles. The monoisotopic (exact) mass is 647 g/mol. The fraction of sp³-hybridized carbons (Fsp3) is 0.178. The van der Waals surface area contributed by atoms with E-state index in [1.807, 2.05) is 18.3 Å². The zero-order valence-electron chi connectivity index (χ0n) is 29.2. The van der Waals surface area contributed by atoms with Gasteiger partial charge in [-0.1, -0.05) is 96.1 Å². The molecule has 8 aromatic rings. The maximum atomic E-state index is 10.0. The Kier molecular flexibility index (Phi) is 6.97. The van der Waals surface area contributed by atoms with Crippen LogP contribution in [0.25, 0.3) is 66.2 Å². The first-order valence-corrected chi connectivity index (χ1v) is 17.0. The highest BCUT2D eigenvalue weighted by atomic mass is 15.1. The Morgan fingerprint density at radius 3 is 1.60 bits per heavy atom. The number of aromatic nitrogens is 3. The molecule has 0 amide bonds. The van der Waals surface area contributed by atoms with Crippen LogP contribution in [-0.2, 0) is 10.8 Å². The van der Waals surface area contributed by atoms with Crippen LogP contribution >= 0.6 is 0 Å². The van der Waals surface area contributed by atoms with E-state index in [2.05, 4.69) is 154 Å². The van der Waals surface area contributed by atoms with E-state index in [0.717, 1.165) is 44.7 Å². The average Bonchev–Trinajstić information content (AvgIpc) is 3.62. The van der Waals surface area contributed by atoms with Crippen molar-refractivity contribution in [3.63, 3.8) is 0 Å². The van der Waals surface area contributed by atoms with Crippen LogP contribution in [0.4, 0.5) is 0 Å². The zero-order valence-corrected chi connectivity index (χ0v) is 29.2. The number of nitrogens with zero attached hydrogens (tertiary/aromatic N) is 5. The molecule has 0 N–H and O–H groups in total. The summed E-state index contributed by atoms with van der Waals surface area (Å²) in [4.78, 5) is 5.21. The van der Waals surface area contributed by atoms with Gasteiger partial charge in [-0.05, 0) is 82.1 Å². The fourth-order valence-electron chi connectivity index (χ4n) is 7.26. The highest BCUT2D eigenvalue weighted by Crippen LogP contribution is 2.40. The third-order valence-corrected chi connectivity index (χ3v) is 9.99. The lowest BCUT2D eigenvalue weighted by atomic mass is 9.86. The number of fused-ring (bicyclic) bond motifs is 6. The molecular weight excluding hydrogens is 611 g/mol. The quantitative estimate of drug-likeness (QED) is 0.192. The molecule has 242 valence electrons. The second-order valence-corrected chi connectivity index (χ2v) is 15.2. The number of benzene rings is 5. The van der Waals surface area contributed by atoms with E-state index >= 15 is 0 Å². The summed E-state index contributed by atoms with van der Waals surface area (Å²) in [6.07, 6.45) is 1.96. The fourth-order valence-corrected chi connectivity index (χ4v) is 7.26. The molecule has 0 atom stereocenters. The summed E-state index contributed by atoms with van der Waals surface area (Å²) < 4.78 is 4.52. The lowest BCUT2D eigenvalue weighted by molar-refractivity contribution is 0.591. The van der Waals surface area contributed by atoms with Gasteiger partial charge in [-0.15, -0.1) is 0 Å². The molecule has 0 unspecified atom stereocenters. The molecule has 0 spiro atoms. The topological polar surface area (TPSA) is 70.3 Å². The van der Waals surface area contributed by atoms with E-state index in [4.69, 9.17) is 4.98 Å². The molecule has 0 aliphatic heterocycles. The van der Waals surface area contributed by atoms with Gasteiger partial charge in [-0.25, -0.2) is 4.98 Å². The molecule has 0 saturated carbocycles. The van der Waals surface area contributed by atoms with Crippen LogP contribution in [0.15, 0.2) is 115 Å². The van der Waals surface area contributed by atoms with Gasteiger partial charge in [0.05, 0.1) is 45.1 Å². The van der Waals surface area contributed by atoms with Gasteiger partial charge in [0, 0.05) is 27.1 Å². The van der Waals surface area contributed by atoms with Gasteiger partial charge in [-0.3, -0.25) is 4.57 Å². The summed E-state index contributed by atoms with van der Waals surface area (Å²) >= 11 is 0. The predicted octanol–water partition coefficient (Wildman–Crippen LogP) is 11.3. The second kappa shape index (κ2) is 11.2. The Morgan fingerprint density at radius 1 is 0.520 bits per heavy atom. The first-order valence-electron chi connectivity index (χ1n) is 17.0. The van der Waals surface area contributed by atoms with Gasteiger partial charge < -0.3 is 4.57 Å². The molecule has 50 heavy (non-hydrogen) atoms. The third-order valence-electron chi connectivity index (χ3n) is 9.99. The largest absolute Gasteiger partial charge is 0.307 e. The van der Waals surface area contributed by atoms with Gasteiger partial charge in [0.2, 0.25) is 0 Å². The van der Waals surface area contributed by atoms with Crippen molar-refractivity contribution in [1.82, 2.24) is 14.1 Å². The molecule has 0 radical (unpaired) electrons. The maximum absolute atomic E-state index is 10.0. The Bertz CT molecular complexity index is 2750. The Balaban J connectivity index is 1.46. The second-order valence-electron chi connectivity index (χ2n) is 15.2. The van der Waals surface area contributed by atoms with Gasteiger partial charge >= 0.3 is 0 Å². The van der Waals surface area contributed by atoms with E-state index in [-0.39, 0.29) is 10.8 Å². The van der Waals surface area contributed by atoms with Crippen LogP contribution in [0.5, 0.6) is 0 Å². The highest BCUT2D eigenvalue weighted by molar-refractivity contribution is 6.11. The van der Waals surface area contributed by atoms with Crippen molar-refractivity contribution in [2.75, 3.05) is 0 Å². The molecule has 3 heterocycles. The lowest BCUT2D eigenvalue weighted by Crippen LogP contribution is -2.10. The lowest BCUT2D eigenvalue weighted by Gasteiger charge is -2.20. The Labute approximate surface area is 292 Å². The predicted molar refractivity (Wildman–Crippen MR) is 205 cm³/mol. The molecule has 0 bridgehead atoms. The number of hydrogen-bond acceptors (Lipinski definition) is 3. The number of pyridine rings is 1. The van der Waals surface area contributed by atoms with E-state index in [0.29, 0.717) is 11.1 Å². The smallest absolute Gasteiger partial charge is 0.138 e. The molecule has 0 saturated heterocycles. The van der Waals surface area contributed by atoms with Crippen molar-refractivity contribution >= 4 is 43.6 Å². The summed E-state index contributed by atoms with van der Waals surface area (Å²) in [7, 11) is 0. The van der Waals surface area contributed by atoms with E-state index < -0.39 is 0 Å². The summed E-state index contributed by atoms with van der Waals surface area (Å²) in [6, 6.07) is 42.5. The van der Waals surface area contributed by atoms with E-state index in [1.54, 1.807) is 6.07 Å². The molecule has 8 rings (SSSR count). The first kappa shape index (κ1) is 31.1. The number of rotatable bonds is 3. The minimum Gasteiger partial charge on any atom is -0.307 e. The van der Waals surface area contributed by atoms with E-state index in [1.165, 1.54) is 32.7 Å². The van der Waals surface area contributed by atoms with Crippen LogP contribution in [0.2, 0.25) is 0 Å². The molecule has 0 aliphatic carbocycles. The van der Waals surface area contributed by atoms with Gasteiger partial charge in [-0.2, -0.15) is 10.5 Å². The number of hydrogen-bond donors (Lipinski definition) is 0. The maximum Gasteiger partial charge on any atom is 0.138 e.